The molecule has 11 heteroatoms. The highest BCUT2D eigenvalue weighted by atomic mass is 35.5. The lowest BCUT2D eigenvalue weighted by molar-refractivity contribution is -0.129. The number of halogens is 2. The van der Waals surface area contributed by atoms with E-state index in [4.69, 9.17) is 11.6 Å². The Kier molecular flexibility index (Phi) is 6.49. The largest absolute Gasteiger partial charge is 0.353 e. The summed E-state index contributed by atoms with van der Waals surface area (Å²) in [7, 11) is -3.50. The number of anilines is 1. The van der Waals surface area contributed by atoms with Gasteiger partial charge in [-0.3, -0.25) is 14.7 Å². The number of aromatic nitrogens is 2. The second-order valence-corrected chi connectivity index (χ2v) is 11.0. The van der Waals surface area contributed by atoms with Crippen molar-refractivity contribution in [1.82, 2.24) is 19.2 Å². The van der Waals surface area contributed by atoms with Gasteiger partial charge in [0.2, 0.25) is 15.9 Å². The van der Waals surface area contributed by atoms with Gasteiger partial charge in [-0.2, -0.15) is 0 Å². The fourth-order valence-corrected chi connectivity index (χ4v) is 7.98. The van der Waals surface area contributed by atoms with Crippen LogP contribution < -0.4 is 4.90 Å². The van der Waals surface area contributed by atoms with E-state index >= 15 is 0 Å². The van der Waals surface area contributed by atoms with Crippen molar-refractivity contribution in [3.63, 3.8) is 0 Å². The fourth-order valence-electron chi connectivity index (χ4n) is 5.46. The van der Waals surface area contributed by atoms with E-state index in [9.17, 15) is 13.2 Å². The molecule has 31 heavy (non-hydrogen) atoms. The van der Waals surface area contributed by atoms with Crippen LogP contribution in [0.15, 0.2) is 24.5 Å². The van der Waals surface area contributed by atoms with Gasteiger partial charge < -0.3 is 4.90 Å². The molecule has 2 saturated heterocycles. The summed E-state index contributed by atoms with van der Waals surface area (Å²) >= 11 is 5.93. The molecule has 0 N–H and O–H groups in total. The van der Waals surface area contributed by atoms with Gasteiger partial charge in [-0.05, 0) is 37.6 Å². The van der Waals surface area contributed by atoms with E-state index in [-0.39, 0.29) is 36.1 Å². The SMILES string of the molecule is Cl.O=C1C2C3C=CC(C3)C2S(=O)(=O)N1CCCCN1CCN(c2cncc(Cl)n2)CC1. The van der Waals surface area contributed by atoms with Gasteiger partial charge in [0.05, 0.1) is 23.6 Å². The number of carbonyl (C=O) groups excluding carboxylic acids is 1. The van der Waals surface area contributed by atoms with Crippen LogP contribution in [0.1, 0.15) is 19.3 Å². The van der Waals surface area contributed by atoms with Crippen molar-refractivity contribution in [2.24, 2.45) is 17.8 Å². The number of carbonyl (C=O) groups is 1. The molecule has 8 nitrogen and oxygen atoms in total. The Labute approximate surface area is 194 Å². The molecule has 1 aromatic rings. The summed E-state index contributed by atoms with van der Waals surface area (Å²) in [6, 6.07) is 0. The van der Waals surface area contributed by atoms with Crippen LogP contribution in [0.3, 0.4) is 0 Å². The van der Waals surface area contributed by atoms with Crippen LogP contribution in [0, 0.1) is 17.8 Å². The number of hydrogen-bond donors (Lipinski definition) is 0. The zero-order chi connectivity index (χ0) is 20.9. The minimum Gasteiger partial charge on any atom is -0.353 e. The van der Waals surface area contributed by atoms with Crippen molar-refractivity contribution >= 4 is 45.8 Å². The number of fused-ring (bicyclic) bond motifs is 5. The van der Waals surface area contributed by atoms with E-state index in [0.717, 1.165) is 51.4 Å². The Bertz CT molecular complexity index is 967. The maximum Gasteiger partial charge on any atom is 0.241 e. The third kappa shape index (κ3) is 4.05. The summed E-state index contributed by atoms with van der Waals surface area (Å²) in [6.07, 6.45) is 9.68. The zero-order valence-corrected chi connectivity index (χ0v) is 19.5. The fraction of sp³-hybridized carbons (Fsp3) is 0.650. The molecule has 5 rings (SSSR count). The first-order chi connectivity index (χ1) is 14.4. The van der Waals surface area contributed by atoms with Crippen molar-refractivity contribution in [1.29, 1.82) is 0 Å². The number of rotatable bonds is 6. The summed E-state index contributed by atoms with van der Waals surface area (Å²) in [4.78, 5) is 25.7. The van der Waals surface area contributed by atoms with Gasteiger partial charge in [-0.15, -0.1) is 12.4 Å². The summed E-state index contributed by atoms with van der Waals surface area (Å²) in [5.74, 6) is 0.432. The molecule has 2 aliphatic heterocycles. The van der Waals surface area contributed by atoms with Crippen molar-refractivity contribution in [2.75, 3.05) is 44.2 Å². The standard InChI is InChI=1S/C20H26ClN5O3S.ClH/c21-16-12-22-13-17(23-16)25-9-7-24(8-10-25)5-1-2-6-26-20(27)18-14-3-4-15(11-14)19(18)30(26,28)29;/h3-4,12-15,18-19H,1-2,5-11H2;1H. The Morgan fingerprint density at radius 1 is 1.03 bits per heavy atom. The van der Waals surface area contributed by atoms with Crippen LogP contribution in [0.25, 0.3) is 0 Å². The second kappa shape index (κ2) is 8.84. The van der Waals surface area contributed by atoms with Crippen LogP contribution in [0.5, 0.6) is 0 Å². The van der Waals surface area contributed by atoms with Gasteiger partial charge >= 0.3 is 0 Å². The maximum absolute atomic E-state index is 12.9. The number of amides is 1. The predicted octanol–water partition coefficient (Wildman–Crippen LogP) is 1.82. The quantitative estimate of drug-likeness (QED) is 0.446. The van der Waals surface area contributed by atoms with Crippen molar-refractivity contribution in [2.45, 2.75) is 24.5 Å². The second-order valence-electron chi connectivity index (χ2n) is 8.63. The Hall–Kier alpha value is -1.42. The molecule has 2 bridgehead atoms. The first-order valence-corrected chi connectivity index (χ1v) is 12.5. The Morgan fingerprint density at radius 2 is 1.74 bits per heavy atom. The van der Waals surface area contributed by atoms with Crippen molar-refractivity contribution in [3.05, 3.63) is 29.7 Å². The highest BCUT2D eigenvalue weighted by Gasteiger charge is 2.62. The summed E-state index contributed by atoms with van der Waals surface area (Å²) in [5, 5.41) is -0.114. The summed E-state index contributed by atoms with van der Waals surface area (Å²) < 4.78 is 27.0. The van der Waals surface area contributed by atoms with Gasteiger partial charge in [-0.25, -0.2) is 17.7 Å². The van der Waals surface area contributed by atoms with E-state index < -0.39 is 15.3 Å². The topological polar surface area (TPSA) is 86.7 Å². The van der Waals surface area contributed by atoms with Crippen molar-refractivity contribution < 1.29 is 13.2 Å². The minimum absolute atomic E-state index is 0. The molecule has 0 spiro atoms. The molecule has 170 valence electrons. The smallest absolute Gasteiger partial charge is 0.241 e. The van der Waals surface area contributed by atoms with Gasteiger partial charge in [0.25, 0.3) is 0 Å². The molecule has 0 aromatic carbocycles. The lowest BCUT2D eigenvalue weighted by atomic mass is 9.92. The average Bonchev–Trinajstić information content (AvgIpc) is 3.40. The third-order valence-electron chi connectivity index (χ3n) is 6.94. The van der Waals surface area contributed by atoms with Crippen LogP contribution >= 0.6 is 24.0 Å². The molecule has 1 amide bonds. The number of sulfonamides is 1. The number of allylic oxidation sites excluding steroid dienone is 2. The molecule has 4 atom stereocenters. The highest BCUT2D eigenvalue weighted by molar-refractivity contribution is 7.90. The van der Waals surface area contributed by atoms with Crippen LogP contribution in [-0.4, -0.2) is 78.0 Å². The lowest BCUT2D eigenvalue weighted by Crippen LogP contribution is -2.47. The molecular formula is C20H27Cl2N5O3S. The Balaban J connectivity index is 0.00000231. The third-order valence-corrected chi connectivity index (χ3v) is 9.43. The van der Waals surface area contributed by atoms with Crippen LogP contribution in [0.4, 0.5) is 5.82 Å². The number of piperazine rings is 1. The number of hydrogen-bond acceptors (Lipinski definition) is 7. The normalized spacial score (nSPS) is 31.2. The van der Waals surface area contributed by atoms with E-state index in [2.05, 4.69) is 19.8 Å². The molecule has 1 saturated carbocycles. The molecular weight excluding hydrogens is 461 g/mol. The van der Waals surface area contributed by atoms with E-state index in [1.165, 1.54) is 10.5 Å². The molecule has 4 aliphatic rings. The van der Waals surface area contributed by atoms with Gasteiger partial charge in [0, 0.05) is 32.7 Å². The van der Waals surface area contributed by atoms with E-state index in [1.54, 1.807) is 6.20 Å². The minimum atomic E-state index is -3.50. The summed E-state index contributed by atoms with van der Waals surface area (Å²) in [6.45, 7) is 4.74. The Morgan fingerprint density at radius 3 is 2.45 bits per heavy atom. The number of unbranched alkanes of at least 4 members (excludes halogenated alkanes) is 1. The highest BCUT2D eigenvalue weighted by Crippen LogP contribution is 2.52. The monoisotopic (exact) mass is 487 g/mol. The zero-order valence-electron chi connectivity index (χ0n) is 17.1. The summed E-state index contributed by atoms with van der Waals surface area (Å²) in [5.41, 5.74) is 0. The average molecular weight is 488 g/mol. The molecule has 4 unspecified atom stereocenters. The first-order valence-electron chi connectivity index (χ1n) is 10.6. The van der Waals surface area contributed by atoms with Gasteiger partial charge in [-0.1, -0.05) is 23.8 Å². The molecule has 0 radical (unpaired) electrons. The maximum atomic E-state index is 12.9. The number of nitrogens with zero attached hydrogens (tertiary/aromatic N) is 5. The predicted molar refractivity (Wildman–Crippen MR) is 121 cm³/mol. The molecule has 3 fully saturated rings. The molecule has 2 aliphatic carbocycles. The molecule has 3 heterocycles. The van der Waals surface area contributed by atoms with E-state index in [1.807, 2.05) is 12.2 Å². The van der Waals surface area contributed by atoms with E-state index in [0.29, 0.717) is 18.1 Å². The van der Waals surface area contributed by atoms with Crippen molar-refractivity contribution in [3.8, 4) is 0 Å². The lowest BCUT2D eigenvalue weighted by Gasteiger charge is -2.35. The molecule has 1 aromatic heterocycles. The first kappa shape index (κ1) is 22.8. The van der Waals surface area contributed by atoms with Gasteiger partial charge in [0.15, 0.2) is 0 Å². The van der Waals surface area contributed by atoms with Gasteiger partial charge in [0.1, 0.15) is 11.0 Å². The van der Waals surface area contributed by atoms with Crippen LogP contribution in [-0.2, 0) is 14.8 Å². The van der Waals surface area contributed by atoms with Crippen LogP contribution in [0.2, 0.25) is 5.15 Å².